The Hall–Kier alpha value is -2.51. The van der Waals surface area contributed by atoms with Crippen molar-refractivity contribution < 1.29 is 37.9 Å². The first kappa shape index (κ1) is 49.5. The van der Waals surface area contributed by atoms with Crippen LogP contribution in [-0.2, 0) is 28.2 Å². The highest BCUT2D eigenvalue weighted by atomic mass is 31.2. The van der Waals surface area contributed by atoms with E-state index in [9.17, 15) is 14.2 Å². The number of phosphoric acid groups is 1. The van der Waals surface area contributed by atoms with Gasteiger partial charge in [-0.15, -0.1) is 0 Å². The smallest absolute Gasteiger partial charge is 0.462 e. The van der Waals surface area contributed by atoms with Crippen LogP contribution in [0.2, 0.25) is 0 Å². The van der Waals surface area contributed by atoms with Crippen molar-refractivity contribution in [2.24, 2.45) is 0 Å². The fraction of sp³-hybridized carbons (Fsp3) is 0.674. The number of unbranched alkanes of at least 4 members (excludes halogenated alkanes) is 14. The summed E-state index contributed by atoms with van der Waals surface area (Å²) in [5.74, 6) is -0.953. The average molecular weight is 749 g/mol. The third-order valence-electron chi connectivity index (χ3n) is 8.21. The molecule has 0 radical (unpaired) electrons. The zero-order chi connectivity index (χ0) is 38.2. The Balaban J connectivity index is 4.05. The lowest BCUT2D eigenvalue weighted by atomic mass is 10.1. The van der Waals surface area contributed by atoms with Gasteiger partial charge in [0.15, 0.2) is 6.10 Å². The molecular weight excluding hydrogens is 675 g/mol. The van der Waals surface area contributed by atoms with Gasteiger partial charge in [0.05, 0.1) is 6.61 Å². The number of esters is 2. The van der Waals surface area contributed by atoms with Gasteiger partial charge in [0, 0.05) is 12.8 Å². The molecule has 0 spiro atoms. The van der Waals surface area contributed by atoms with Crippen molar-refractivity contribution in [3.63, 3.8) is 0 Å². The van der Waals surface area contributed by atoms with Crippen LogP contribution >= 0.6 is 7.82 Å². The molecule has 0 unspecified atom stereocenters. The van der Waals surface area contributed by atoms with E-state index in [1.54, 1.807) is 0 Å². The van der Waals surface area contributed by atoms with Gasteiger partial charge in [-0.05, 0) is 83.5 Å². The summed E-state index contributed by atoms with van der Waals surface area (Å²) in [7, 11) is -4.77. The fourth-order valence-electron chi connectivity index (χ4n) is 5.22. The van der Waals surface area contributed by atoms with Crippen LogP contribution < -0.4 is 0 Å². The highest BCUT2D eigenvalue weighted by molar-refractivity contribution is 7.46. The molecule has 0 rings (SSSR count). The lowest BCUT2D eigenvalue weighted by molar-refractivity contribution is -0.161. The maximum Gasteiger partial charge on any atom is 0.469 e. The van der Waals surface area contributed by atoms with Crippen molar-refractivity contribution in [3.8, 4) is 0 Å². The largest absolute Gasteiger partial charge is 0.469 e. The van der Waals surface area contributed by atoms with E-state index < -0.39 is 32.5 Å². The molecule has 0 aromatic carbocycles. The Morgan fingerprint density at radius 3 is 1.44 bits per heavy atom. The van der Waals surface area contributed by atoms with Crippen molar-refractivity contribution in [1.29, 1.82) is 0 Å². The van der Waals surface area contributed by atoms with Crippen LogP contribution in [0.3, 0.4) is 0 Å². The molecule has 0 bridgehead atoms. The number of hydrogen-bond donors (Lipinski definition) is 2. The minimum absolute atomic E-state index is 0.165. The summed E-state index contributed by atoms with van der Waals surface area (Å²) in [4.78, 5) is 42.8. The summed E-state index contributed by atoms with van der Waals surface area (Å²) in [5, 5.41) is 0. The van der Waals surface area contributed by atoms with E-state index in [0.717, 1.165) is 70.6 Å². The number of carbonyl (C=O) groups excluding carboxylic acids is 2. The van der Waals surface area contributed by atoms with E-state index in [1.165, 1.54) is 57.8 Å². The standard InChI is InChI=1S/C43H73O8P/c1-3-5-7-9-11-13-15-17-19-20-21-22-24-26-28-30-32-34-36-38-43(45)51-41(40-50-52(46,47)48)39-49-42(44)37-35-33-31-29-27-25-23-18-16-14-12-10-8-6-4-2/h5,7,11,13,17,19,21-22,26-29,41H,3-4,6,8-10,12,14-16,18,20,23-25,30-40H2,1-2H3,(H2,46,47,48)/b7-5+,13-11+,19-17+,22-21+,28-26+,29-27+/t41-/m1/s1. The molecule has 0 amide bonds. The van der Waals surface area contributed by atoms with Crippen molar-refractivity contribution in [2.45, 2.75) is 174 Å². The molecule has 8 nitrogen and oxygen atoms in total. The van der Waals surface area contributed by atoms with Gasteiger partial charge in [-0.2, -0.15) is 0 Å². The van der Waals surface area contributed by atoms with Crippen LogP contribution in [0, 0.1) is 0 Å². The summed E-state index contributed by atoms with van der Waals surface area (Å²) in [6.45, 7) is 3.51. The molecule has 1 atom stereocenters. The number of ether oxygens (including phenoxy) is 2. The second-order valence-electron chi connectivity index (χ2n) is 13.2. The molecular formula is C43H73O8P. The molecule has 9 heteroatoms. The van der Waals surface area contributed by atoms with E-state index in [1.807, 2.05) is 0 Å². The van der Waals surface area contributed by atoms with Crippen molar-refractivity contribution in [1.82, 2.24) is 0 Å². The molecule has 0 saturated heterocycles. The summed E-state index contributed by atoms with van der Waals surface area (Å²) >= 11 is 0. The first-order valence-corrected chi connectivity index (χ1v) is 21.8. The average Bonchev–Trinajstić information content (AvgIpc) is 3.11. The Morgan fingerprint density at radius 2 is 0.923 bits per heavy atom. The second kappa shape index (κ2) is 38.2. The molecule has 2 N–H and O–H groups in total. The number of hydrogen-bond acceptors (Lipinski definition) is 6. The SMILES string of the molecule is CC/C=C/C/C=C/C/C=C/C/C=C/C/C=C/CCCCCC(=O)O[C@H](COC(=O)CCCC/C=C/CCCCCCCCCCC)COP(=O)(O)O. The van der Waals surface area contributed by atoms with Gasteiger partial charge in [0.1, 0.15) is 6.61 Å². The highest BCUT2D eigenvalue weighted by Crippen LogP contribution is 2.36. The maximum absolute atomic E-state index is 12.4. The lowest BCUT2D eigenvalue weighted by Gasteiger charge is -2.18. The van der Waals surface area contributed by atoms with E-state index >= 15 is 0 Å². The Bertz CT molecular complexity index is 1070. The third-order valence-corrected chi connectivity index (χ3v) is 8.69. The van der Waals surface area contributed by atoms with Crippen LogP contribution in [0.1, 0.15) is 168 Å². The molecule has 52 heavy (non-hydrogen) atoms. The van der Waals surface area contributed by atoms with Crippen LogP contribution in [0.15, 0.2) is 72.9 Å². The van der Waals surface area contributed by atoms with E-state index in [4.69, 9.17) is 19.3 Å². The predicted molar refractivity (Wildman–Crippen MR) is 216 cm³/mol. The van der Waals surface area contributed by atoms with Crippen LogP contribution in [0.4, 0.5) is 0 Å². The summed E-state index contributed by atoms with van der Waals surface area (Å²) in [6.07, 6.45) is 49.1. The van der Waals surface area contributed by atoms with Gasteiger partial charge >= 0.3 is 19.8 Å². The third kappa shape index (κ3) is 40.3. The number of phosphoric ester groups is 1. The van der Waals surface area contributed by atoms with Gasteiger partial charge in [0.2, 0.25) is 0 Å². The quantitative estimate of drug-likeness (QED) is 0.0281. The topological polar surface area (TPSA) is 119 Å². The van der Waals surface area contributed by atoms with E-state index in [-0.39, 0.29) is 19.4 Å². The number of carbonyl (C=O) groups is 2. The number of rotatable bonds is 36. The van der Waals surface area contributed by atoms with Crippen LogP contribution in [-0.4, -0.2) is 41.0 Å². The first-order chi connectivity index (χ1) is 25.3. The van der Waals surface area contributed by atoms with E-state index in [0.29, 0.717) is 12.8 Å². The Kier molecular flexibility index (Phi) is 36.4. The van der Waals surface area contributed by atoms with E-state index in [2.05, 4.69) is 91.3 Å². The monoisotopic (exact) mass is 749 g/mol. The lowest BCUT2D eigenvalue weighted by Crippen LogP contribution is -2.29. The van der Waals surface area contributed by atoms with Gasteiger partial charge in [-0.3, -0.25) is 14.1 Å². The minimum Gasteiger partial charge on any atom is -0.462 e. The molecule has 0 fully saturated rings. The van der Waals surface area contributed by atoms with Crippen molar-refractivity contribution >= 4 is 19.8 Å². The summed E-state index contributed by atoms with van der Waals surface area (Å²) in [5.41, 5.74) is 0. The number of allylic oxidation sites excluding steroid dienone is 12. The normalized spacial score (nSPS) is 13.2. The van der Waals surface area contributed by atoms with Crippen LogP contribution in [0.25, 0.3) is 0 Å². The molecule has 0 aromatic rings. The molecule has 0 aliphatic carbocycles. The van der Waals surface area contributed by atoms with Gasteiger partial charge < -0.3 is 19.3 Å². The zero-order valence-electron chi connectivity index (χ0n) is 32.7. The fourth-order valence-corrected chi connectivity index (χ4v) is 5.58. The molecule has 0 aromatic heterocycles. The van der Waals surface area contributed by atoms with Gasteiger partial charge in [-0.1, -0.05) is 145 Å². The predicted octanol–water partition coefficient (Wildman–Crippen LogP) is 12.3. The highest BCUT2D eigenvalue weighted by Gasteiger charge is 2.22. The molecule has 0 aliphatic heterocycles. The van der Waals surface area contributed by atoms with Crippen molar-refractivity contribution in [2.75, 3.05) is 13.2 Å². The Morgan fingerprint density at radius 1 is 0.519 bits per heavy atom. The van der Waals surface area contributed by atoms with Crippen molar-refractivity contribution in [3.05, 3.63) is 72.9 Å². The maximum atomic E-state index is 12.4. The van der Waals surface area contributed by atoms with Gasteiger partial charge in [0.25, 0.3) is 0 Å². The zero-order valence-corrected chi connectivity index (χ0v) is 33.6. The second-order valence-corrected chi connectivity index (χ2v) is 14.5. The molecule has 0 aliphatic rings. The minimum atomic E-state index is -4.77. The molecule has 0 saturated carbocycles. The summed E-state index contributed by atoms with van der Waals surface area (Å²) < 4.78 is 26.3. The Labute approximate surface area is 317 Å². The van der Waals surface area contributed by atoms with Gasteiger partial charge in [-0.25, -0.2) is 4.57 Å². The molecule has 298 valence electrons. The first-order valence-electron chi connectivity index (χ1n) is 20.2. The summed E-state index contributed by atoms with van der Waals surface area (Å²) in [6, 6.07) is 0. The molecule has 0 heterocycles. The van der Waals surface area contributed by atoms with Crippen LogP contribution in [0.5, 0.6) is 0 Å².